The Labute approximate surface area is 94.0 Å². The summed E-state index contributed by atoms with van der Waals surface area (Å²) in [5.41, 5.74) is 6.95. The summed E-state index contributed by atoms with van der Waals surface area (Å²) in [6.45, 7) is 4.22. The number of nitrogen functional groups attached to an aromatic ring is 1. The zero-order valence-electron chi connectivity index (χ0n) is 8.95. The van der Waals surface area contributed by atoms with Crippen LogP contribution in [0.1, 0.15) is 24.2 Å². The van der Waals surface area contributed by atoms with Crippen molar-refractivity contribution in [3.63, 3.8) is 0 Å². The first-order valence-corrected chi connectivity index (χ1v) is 5.87. The molecule has 0 amide bonds. The van der Waals surface area contributed by atoms with Gasteiger partial charge in [0.1, 0.15) is 0 Å². The SMILES string of the molecule is CCOC(=O)c1ccc(SCC)c(N)c1. The van der Waals surface area contributed by atoms with Crippen LogP contribution in [0.2, 0.25) is 0 Å². The lowest BCUT2D eigenvalue weighted by Gasteiger charge is -2.06. The lowest BCUT2D eigenvalue weighted by atomic mass is 10.2. The molecule has 0 fully saturated rings. The maximum absolute atomic E-state index is 11.4. The number of hydrogen-bond donors (Lipinski definition) is 1. The Morgan fingerprint density at radius 3 is 2.73 bits per heavy atom. The molecule has 0 heterocycles. The highest BCUT2D eigenvalue weighted by Gasteiger charge is 2.08. The lowest BCUT2D eigenvalue weighted by Crippen LogP contribution is -2.05. The number of hydrogen-bond acceptors (Lipinski definition) is 4. The van der Waals surface area contributed by atoms with Gasteiger partial charge in [0.05, 0.1) is 12.2 Å². The summed E-state index contributed by atoms with van der Waals surface area (Å²) in [6, 6.07) is 5.26. The van der Waals surface area contributed by atoms with Crippen molar-refractivity contribution >= 4 is 23.4 Å². The third kappa shape index (κ3) is 3.16. The van der Waals surface area contributed by atoms with E-state index >= 15 is 0 Å². The first kappa shape index (κ1) is 11.9. The van der Waals surface area contributed by atoms with Gasteiger partial charge in [0.15, 0.2) is 0 Å². The number of rotatable bonds is 4. The van der Waals surface area contributed by atoms with Crippen molar-refractivity contribution in [3.8, 4) is 0 Å². The number of nitrogens with two attached hydrogens (primary N) is 1. The molecule has 0 aliphatic carbocycles. The van der Waals surface area contributed by atoms with Crippen LogP contribution in [0, 0.1) is 0 Å². The Balaban J connectivity index is 2.86. The molecule has 0 radical (unpaired) electrons. The second kappa shape index (κ2) is 5.66. The molecule has 4 heteroatoms. The van der Waals surface area contributed by atoms with E-state index in [9.17, 15) is 4.79 Å². The molecule has 2 N–H and O–H groups in total. The summed E-state index contributed by atoms with van der Waals surface area (Å²) < 4.78 is 4.88. The van der Waals surface area contributed by atoms with Crippen molar-refractivity contribution in [1.82, 2.24) is 0 Å². The number of thioether (sulfide) groups is 1. The van der Waals surface area contributed by atoms with Crippen LogP contribution >= 0.6 is 11.8 Å². The van der Waals surface area contributed by atoms with E-state index in [1.165, 1.54) is 0 Å². The molecule has 0 aliphatic rings. The van der Waals surface area contributed by atoms with Crippen LogP contribution in [0.4, 0.5) is 5.69 Å². The van der Waals surface area contributed by atoms with Gasteiger partial charge < -0.3 is 10.5 Å². The molecule has 3 nitrogen and oxygen atoms in total. The summed E-state index contributed by atoms with van der Waals surface area (Å²) in [6.07, 6.45) is 0. The summed E-state index contributed by atoms with van der Waals surface area (Å²) in [7, 11) is 0. The highest BCUT2D eigenvalue weighted by molar-refractivity contribution is 7.99. The van der Waals surface area contributed by atoms with Gasteiger partial charge in [-0.1, -0.05) is 6.92 Å². The smallest absolute Gasteiger partial charge is 0.338 e. The minimum atomic E-state index is -0.322. The molecule has 0 saturated carbocycles. The molecule has 0 unspecified atom stereocenters. The van der Waals surface area contributed by atoms with Crippen molar-refractivity contribution in [2.45, 2.75) is 18.7 Å². The van der Waals surface area contributed by atoms with E-state index in [-0.39, 0.29) is 5.97 Å². The van der Waals surface area contributed by atoms with Crippen LogP contribution in [0.3, 0.4) is 0 Å². The van der Waals surface area contributed by atoms with Crippen molar-refractivity contribution in [2.24, 2.45) is 0 Å². The Kier molecular flexibility index (Phi) is 4.49. The van der Waals surface area contributed by atoms with E-state index in [2.05, 4.69) is 6.92 Å². The van der Waals surface area contributed by atoms with Crippen molar-refractivity contribution in [2.75, 3.05) is 18.1 Å². The van der Waals surface area contributed by atoms with Gasteiger partial charge in [-0.25, -0.2) is 4.79 Å². The largest absolute Gasteiger partial charge is 0.462 e. The molecule has 0 aliphatic heterocycles. The topological polar surface area (TPSA) is 52.3 Å². The molecule has 0 aromatic heterocycles. The number of ether oxygens (including phenoxy) is 1. The number of benzene rings is 1. The van der Waals surface area contributed by atoms with Crippen molar-refractivity contribution < 1.29 is 9.53 Å². The van der Waals surface area contributed by atoms with E-state index in [4.69, 9.17) is 10.5 Å². The number of esters is 1. The van der Waals surface area contributed by atoms with E-state index < -0.39 is 0 Å². The van der Waals surface area contributed by atoms with Gasteiger partial charge in [-0.15, -0.1) is 11.8 Å². The molecule has 0 spiro atoms. The van der Waals surface area contributed by atoms with E-state index in [1.54, 1.807) is 30.8 Å². The number of carbonyl (C=O) groups is 1. The molecule has 1 rings (SSSR count). The van der Waals surface area contributed by atoms with Crippen LogP contribution in [0.15, 0.2) is 23.1 Å². The maximum Gasteiger partial charge on any atom is 0.338 e. The first-order chi connectivity index (χ1) is 7.19. The Bertz CT molecular complexity index is 352. The van der Waals surface area contributed by atoms with Crippen molar-refractivity contribution in [1.29, 1.82) is 0 Å². The minimum absolute atomic E-state index is 0.322. The maximum atomic E-state index is 11.4. The van der Waals surface area contributed by atoms with Crippen LogP contribution in [0.5, 0.6) is 0 Å². The van der Waals surface area contributed by atoms with Gasteiger partial charge in [0.2, 0.25) is 0 Å². The average Bonchev–Trinajstić information content (AvgIpc) is 2.21. The third-order valence-corrected chi connectivity index (χ3v) is 2.79. The molecule has 15 heavy (non-hydrogen) atoms. The van der Waals surface area contributed by atoms with Gasteiger partial charge in [0, 0.05) is 10.6 Å². The van der Waals surface area contributed by atoms with Crippen LogP contribution < -0.4 is 5.73 Å². The summed E-state index contributed by atoms with van der Waals surface area (Å²) >= 11 is 1.66. The molecule has 1 aromatic rings. The standard InChI is InChI=1S/C11H15NO2S/c1-3-14-11(13)8-5-6-10(15-4-2)9(12)7-8/h5-7H,3-4,12H2,1-2H3. The molecular weight excluding hydrogens is 210 g/mol. The Morgan fingerprint density at radius 1 is 1.47 bits per heavy atom. The van der Waals surface area contributed by atoms with Crippen LogP contribution in [-0.2, 0) is 4.74 Å². The number of anilines is 1. The zero-order valence-corrected chi connectivity index (χ0v) is 9.76. The van der Waals surface area contributed by atoms with Gasteiger partial charge in [-0.05, 0) is 30.9 Å². The van der Waals surface area contributed by atoms with Crippen LogP contribution in [0.25, 0.3) is 0 Å². The second-order valence-electron chi connectivity index (χ2n) is 2.91. The fourth-order valence-corrected chi connectivity index (χ4v) is 1.88. The van der Waals surface area contributed by atoms with E-state index in [0.29, 0.717) is 17.9 Å². The molecule has 0 bridgehead atoms. The van der Waals surface area contributed by atoms with Crippen molar-refractivity contribution in [3.05, 3.63) is 23.8 Å². The van der Waals surface area contributed by atoms with Crippen LogP contribution in [-0.4, -0.2) is 18.3 Å². The third-order valence-electron chi connectivity index (χ3n) is 1.82. The predicted molar refractivity (Wildman–Crippen MR) is 63.2 cm³/mol. The molecule has 0 atom stereocenters. The van der Waals surface area contributed by atoms with E-state index in [0.717, 1.165) is 10.6 Å². The monoisotopic (exact) mass is 225 g/mol. The van der Waals surface area contributed by atoms with Gasteiger partial charge in [0.25, 0.3) is 0 Å². The van der Waals surface area contributed by atoms with E-state index in [1.807, 2.05) is 6.07 Å². The highest BCUT2D eigenvalue weighted by Crippen LogP contribution is 2.25. The molecular formula is C11H15NO2S. The molecule has 82 valence electrons. The van der Waals surface area contributed by atoms with Gasteiger partial charge in [-0.3, -0.25) is 0 Å². The second-order valence-corrected chi connectivity index (χ2v) is 4.21. The fourth-order valence-electron chi connectivity index (χ4n) is 1.18. The fraction of sp³-hybridized carbons (Fsp3) is 0.364. The minimum Gasteiger partial charge on any atom is -0.462 e. The summed E-state index contributed by atoms with van der Waals surface area (Å²) in [4.78, 5) is 12.4. The first-order valence-electron chi connectivity index (χ1n) is 4.88. The van der Waals surface area contributed by atoms with Gasteiger partial charge >= 0.3 is 5.97 Å². The Morgan fingerprint density at radius 2 is 2.20 bits per heavy atom. The summed E-state index contributed by atoms with van der Waals surface area (Å²) in [5.74, 6) is 0.639. The molecule has 1 aromatic carbocycles. The normalized spacial score (nSPS) is 10.0. The zero-order chi connectivity index (χ0) is 11.3. The number of carbonyl (C=O) groups excluding carboxylic acids is 1. The Hall–Kier alpha value is -1.16. The summed E-state index contributed by atoms with van der Waals surface area (Å²) in [5, 5.41) is 0. The average molecular weight is 225 g/mol. The quantitative estimate of drug-likeness (QED) is 0.486. The molecule has 0 saturated heterocycles. The highest BCUT2D eigenvalue weighted by atomic mass is 32.2. The lowest BCUT2D eigenvalue weighted by molar-refractivity contribution is 0.0526. The predicted octanol–water partition coefficient (Wildman–Crippen LogP) is 2.56. The van der Waals surface area contributed by atoms with Gasteiger partial charge in [-0.2, -0.15) is 0 Å².